The second-order valence-electron chi connectivity index (χ2n) is 6.32. The number of pyridine rings is 1. The average molecular weight is 387 g/mol. The van der Waals surface area contributed by atoms with Gasteiger partial charge in [0.1, 0.15) is 0 Å². The van der Waals surface area contributed by atoms with Gasteiger partial charge >= 0.3 is 0 Å². The van der Waals surface area contributed by atoms with Crippen molar-refractivity contribution in [3.63, 3.8) is 0 Å². The van der Waals surface area contributed by atoms with E-state index in [1.54, 1.807) is 25.3 Å². The summed E-state index contributed by atoms with van der Waals surface area (Å²) in [5.41, 5.74) is 5.90. The van der Waals surface area contributed by atoms with Crippen molar-refractivity contribution in [1.29, 1.82) is 0 Å². The number of carbonyl (C=O) groups excluding carboxylic acids is 2. The molecule has 0 radical (unpaired) electrons. The Kier molecular flexibility index (Phi) is 6.67. The van der Waals surface area contributed by atoms with Gasteiger partial charge in [-0.25, -0.2) is 5.43 Å². The highest BCUT2D eigenvalue weighted by molar-refractivity contribution is 6.06. The Bertz CT molecular complexity index is 987. The molecule has 0 spiro atoms. The van der Waals surface area contributed by atoms with E-state index in [9.17, 15) is 9.59 Å². The molecule has 0 unspecified atom stereocenters. The molecule has 0 bridgehead atoms. The average Bonchev–Trinajstić information content (AvgIpc) is 2.75. The highest BCUT2D eigenvalue weighted by atomic mass is 16.2. The molecule has 0 aliphatic carbocycles. The van der Waals surface area contributed by atoms with Gasteiger partial charge in [-0.3, -0.25) is 14.6 Å². The van der Waals surface area contributed by atoms with E-state index in [4.69, 9.17) is 0 Å². The maximum atomic E-state index is 12.2. The number of hydrazone groups is 1. The number of nitrogens with one attached hydrogen (secondary N) is 3. The van der Waals surface area contributed by atoms with Gasteiger partial charge in [0.25, 0.3) is 5.91 Å². The standard InChI is InChI=1S/C22H21N5O2/c1-16(26-27-22(29)17-6-5-13-23-15-17)14-21(28)25-20-11-9-19(10-12-20)24-18-7-3-2-4-8-18/h2-13,15,24H,14H2,1H3,(H,25,28)(H,27,29)/b26-16+. The molecule has 7 nitrogen and oxygen atoms in total. The summed E-state index contributed by atoms with van der Waals surface area (Å²) in [6.45, 7) is 1.68. The van der Waals surface area contributed by atoms with Crippen LogP contribution < -0.4 is 16.1 Å². The Morgan fingerprint density at radius 1 is 0.897 bits per heavy atom. The molecule has 29 heavy (non-hydrogen) atoms. The molecule has 146 valence electrons. The Hall–Kier alpha value is -4.00. The molecule has 3 N–H and O–H groups in total. The van der Waals surface area contributed by atoms with E-state index in [0.717, 1.165) is 11.4 Å². The van der Waals surface area contributed by atoms with E-state index in [0.29, 0.717) is 17.0 Å². The molecule has 0 atom stereocenters. The van der Waals surface area contributed by atoms with Gasteiger partial charge in [0, 0.05) is 35.2 Å². The second-order valence-corrected chi connectivity index (χ2v) is 6.32. The van der Waals surface area contributed by atoms with Crippen LogP contribution in [0.3, 0.4) is 0 Å². The van der Waals surface area contributed by atoms with Crippen LogP contribution in [0.2, 0.25) is 0 Å². The first-order valence-corrected chi connectivity index (χ1v) is 9.06. The molecule has 1 aromatic heterocycles. The van der Waals surface area contributed by atoms with E-state index in [2.05, 4.69) is 26.1 Å². The number of anilines is 3. The Morgan fingerprint density at radius 2 is 1.59 bits per heavy atom. The van der Waals surface area contributed by atoms with Crippen molar-refractivity contribution >= 4 is 34.6 Å². The largest absolute Gasteiger partial charge is 0.356 e. The predicted octanol–water partition coefficient (Wildman–Crippen LogP) is 3.96. The smallest absolute Gasteiger partial charge is 0.272 e. The molecule has 0 fully saturated rings. The molecule has 0 saturated heterocycles. The van der Waals surface area contributed by atoms with Crippen LogP contribution in [-0.4, -0.2) is 22.5 Å². The van der Waals surface area contributed by atoms with Crippen molar-refractivity contribution in [2.45, 2.75) is 13.3 Å². The van der Waals surface area contributed by atoms with Crippen LogP contribution in [0, 0.1) is 0 Å². The van der Waals surface area contributed by atoms with Gasteiger partial charge in [0.2, 0.25) is 5.91 Å². The van der Waals surface area contributed by atoms with E-state index in [-0.39, 0.29) is 18.2 Å². The quantitative estimate of drug-likeness (QED) is 0.422. The molecule has 7 heteroatoms. The van der Waals surface area contributed by atoms with Crippen molar-refractivity contribution in [2.24, 2.45) is 5.10 Å². The molecular weight excluding hydrogens is 366 g/mol. The third kappa shape index (κ3) is 6.28. The predicted molar refractivity (Wildman–Crippen MR) is 114 cm³/mol. The SMILES string of the molecule is C/C(CC(=O)Nc1ccc(Nc2ccccc2)cc1)=N\NC(=O)c1cccnc1. The number of hydrogen-bond acceptors (Lipinski definition) is 5. The summed E-state index contributed by atoms with van der Waals surface area (Å²) in [5.74, 6) is -0.593. The topological polar surface area (TPSA) is 95.5 Å². The summed E-state index contributed by atoms with van der Waals surface area (Å²) in [4.78, 5) is 28.0. The highest BCUT2D eigenvalue weighted by Crippen LogP contribution is 2.18. The van der Waals surface area contributed by atoms with Gasteiger partial charge in [-0.1, -0.05) is 18.2 Å². The van der Waals surface area contributed by atoms with Crippen molar-refractivity contribution < 1.29 is 9.59 Å². The maximum absolute atomic E-state index is 12.2. The van der Waals surface area contributed by atoms with Crippen LogP contribution in [-0.2, 0) is 4.79 Å². The molecule has 3 aromatic rings. The lowest BCUT2D eigenvalue weighted by Gasteiger charge is -2.09. The van der Waals surface area contributed by atoms with Gasteiger partial charge in [0.05, 0.1) is 12.0 Å². The number of rotatable bonds is 7. The van der Waals surface area contributed by atoms with Gasteiger partial charge in [-0.2, -0.15) is 5.10 Å². The number of hydrogen-bond donors (Lipinski definition) is 3. The molecule has 2 amide bonds. The Balaban J connectivity index is 1.49. The van der Waals surface area contributed by atoms with Crippen LogP contribution in [0.25, 0.3) is 0 Å². The maximum Gasteiger partial charge on any atom is 0.272 e. The fourth-order valence-electron chi connectivity index (χ4n) is 2.51. The lowest BCUT2D eigenvalue weighted by Crippen LogP contribution is -2.21. The van der Waals surface area contributed by atoms with Crippen LogP contribution in [0.15, 0.2) is 84.2 Å². The summed E-state index contributed by atoms with van der Waals surface area (Å²) in [7, 11) is 0. The first-order valence-electron chi connectivity index (χ1n) is 9.06. The van der Waals surface area contributed by atoms with Crippen LogP contribution in [0.5, 0.6) is 0 Å². The number of amides is 2. The molecule has 0 aliphatic rings. The molecule has 3 rings (SSSR count). The number of para-hydroxylation sites is 1. The summed E-state index contributed by atoms with van der Waals surface area (Å²) >= 11 is 0. The lowest BCUT2D eigenvalue weighted by atomic mass is 10.2. The zero-order valence-corrected chi connectivity index (χ0v) is 15.9. The third-order valence-corrected chi connectivity index (χ3v) is 3.92. The minimum absolute atomic E-state index is 0.0668. The van der Waals surface area contributed by atoms with Gasteiger partial charge in [-0.15, -0.1) is 0 Å². The number of aromatic nitrogens is 1. The lowest BCUT2D eigenvalue weighted by molar-refractivity contribution is -0.115. The Labute approximate surface area is 168 Å². The first kappa shape index (κ1) is 19.8. The van der Waals surface area contributed by atoms with Gasteiger partial charge < -0.3 is 10.6 Å². The first-order chi connectivity index (χ1) is 14.1. The fraction of sp³-hybridized carbons (Fsp3) is 0.0909. The van der Waals surface area contributed by atoms with Crippen molar-refractivity contribution in [3.05, 3.63) is 84.7 Å². The van der Waals surface area contributed by atoms with E-state index in [1.165, 1.54) is 6.20 Å². The normalized spacial score (nSPS) is 10.9. The second kappa shape index (κ2) is 9.80. The van der Waals surface area contributed by atoms with Crippen LogP contribution in [0.1, 0.15) is 23.7 Å². The minimum atomic E-state index is -0.376. The summed E-state index contributed by atoms with van der Waals surface area (Å²) in [6, 6.07) is 20.5. The monoisotopic (exact) mass is 387 g/mol. The van der Waals surface area contributed by atoms with Crippen molar-refractivity contribution in [1.82, 2.24) is 10.4 Å². The minimum Gasteiger partial charge on any atom is -0.356 e. The van der Waals surface area contributed by atoms with Gasteiger partial charge in [0.15, 0.2) is 0 Å². The number of nitrogens with zero attached hydrogens (tertiary/aromatic N) is 2. The molecule has 0 saturated carbocycles. The molecule has 0 aliphatic heterocycles. The van der Waals surface area contributed by atoms with Crippen molar-refractivity contribution in [3.8, 4) is 0 Å². The fourth-order valence-corrected chi connectivity index (χ4v) is 2.51. The van der Waals surface area contributed by atoms with E-state index >= 15 is 0 Å². The summed E-state index contributed by atoms with van der Waals surface area (Å²) in [6.07, 6.45) is 3.10. The zero-order chi connectivity index (χ0) is 20.5. The molecular formula is C22H21N5O2. The van der Waals surface area contributed by atoms with Crippen LogP contribution >= 0.6 is 0 Å². The van der Waals surface area contributed by atoms with E-state index < -0.39 is 0 Å². The molecule has 1 heterocycles. The zero-order valence-electron chi connectivity index (χ0n) is 15.9. The number of carbonyl (C=O) groups is 2. The van der Waals surface area contributed by atoms with Crippen molar-refractivity contribution in [2.75, 3.05) is 10.6 Å². The Morgan fingerprint density at radius 3 is 2.28 bits per heavy atom. The molecule has 2 aromatic carbocycles. The van der Waals surface area contributed by atoms with Crippen LogP contribution in [0.4, 0.5) is 17.1 Å². The highest BCUT2D eigenvalue weighted by Gasteiger charge is 2.07. The number of benzene rings is 2. The summed E-state index contributed by atoms with van der Waals surface area (Å²) < 4.78 is 0. The summed E-state index contributed by atoms with van der Waals surface area (Å²) in [5, 5.41) is 10.1. The van der Waals surface area contributed by atoms with E-state index in [1.807, 2.05) is 54.6 Å². The van der Waals surface area contributed by atoms with Gasteiger partial charge in [-0.05, 0) is 55.5 Å². The third-order valence-electron chi connectivity index (χ3n) is 3.92.